The molecule has 4 N–H and O–H groups in total. The highest BCUT2D eigenvalue weighted by molar-refractivity contribution is 6.44. The van der Waals surface area contributed by atoms with Crippen molar-refractivity contribution in [2.75, 3.05) is 0 Å². The summed E-state index contributed by atoms with van der Waals surface area (Å²) in [6.07, 6.45) is -2.17. The summed E-state index contributed by atoms with van der Waals surface area (Å²) in [5.41, 5.74) is 5.06. The second-order valence-electron chi connectivity index (χ2n) is 1.31. The normalized spacial score (nSPS) is 13.3. The second kappa shape index (κ2) is 3.76. The Labute approximate surface area is 61.9 Å². The molecule has 1 amide bonds. The van der Waals surface area contributed by atoms with E-state index in [1.54, 1.807) is 0 Å². The molecule has 1 atom stereocenters. The minimum absolute atomic E-state index is 0.916. The Morgan fingerprint density at radius 3 is 2.22 bits per heavy atom. The molecule has 9 heavy (non-hydrogen) atoms. The maximum atomic E-state index is 9.81. The van der Waals surface area contributed by atoms with Gasteiger partial charge in [0.25, 0.3) is 0 Å². The lowest BCUT2D eigenvalue weighted by Crippen LogP contribution is -2.45. The van der Waals surface area contributed by atoms with E-state index in [1.807, 2.05) is 5.32 Å². The van der Waals surface area contributed by atoms with Crippen molar-refractivity contribution in [2.24, 2.45) is 5.73 Å². The second-order valence-corrected chi connectivity index (χ2v) is 2.47. The van der Waals surface area contributed by atoms with Crippen molar-refractivity contribution in [3.8, 4) is 0 Å². The van der Waals surface area contributed by atoms with E-state index < -0.39 is 17.1 Å². The molecule has 0 fully saturated rings. The van der Waals surface area contributed by atoms with Gasteiger partial charge in [0, 0.05) is 0 Å². The monoisotopic (exact) mass is 172 g/mol. The zero-order valence-corrected chi connectivity index (χ0v) is 5.86. The van der Waals surface area contributed by atoms with Crippen LogP contribution in [0.25, 0.3) is 0 Å². The zero-order chi connectivity index (χ0) is 7.44. The number of nitrogens with one attached hydrogen (secondary N) is 1. The lowest BCUT2D eigenvalue weighted by molar-refractivity contribution is 0.191. The molecule has 0 spiro atoms. The number of carboxylic acid groups (broad SMARTS) is 1. The summed E-state index contributed by atoms with van der Waals surface area (Å²) in [6.45, 7) is 0. The molecule has 54 valence electrons. The molecule has 6 heteroatoms. The SMILES string of the molecule is NC(NC(=O)O)C(Cl)Cl. The summed E-state index contributed by atoms with van der Waals surface area (Å²) < 4.78 is 0. The van der Waals surface area contributed by atoms with Crippen LogP contribution < -0.4 is 11.1 Å². The molecule has 0 aliphatic heterocycles. The molecule has 0 aliphatic rings. The van der Waals surface area contributed by atoms with Gasteiger partial charge in [0.2, 0.25) is 0 Å². The Morgan fingerprint density at radius 1 is 1.67 bits per heavy atom. The molecule has 0 aliphatic carbocycles. The summed E-state index contributed by atoms with van der Waals surface area (Å²) >= 11 is 10.4. The van der Waals surface area contributed by atoms with Crippen LogP contribution in [-0.2, 0) is 0 Å². The van der Waals surface area contributed by atoms with Crippen LogP contribution in [0.1, 0.15) is 0 Å². The predicted octanol–water partition coefficient (Wildman–Crippen LogP) is 0.343. The molecule has 0 aromatic heterocycles. The predicted molar refractivity (Wildman–Crippen MR) is 34.6 cm³/mol. The number of carbonyl (C=O) groups is 1. The van der Waals surface area contributed by atoms with Crippen molar-refractivity contribution < 1.29 is 9.90 Å². The van der Waals surface area contributed by atoms with Crippen LogP contribution in [0.5, 0.6) is 0 Å². The number of alkyl halides is 2. The first kappa shape index (κ1) is 8.81. The van der Waals surface area contributed by atoms with Crippen molar-refractivity contribution in [3.05, 3.63) is 0 Å². The van der Waals surface area contributed by atoms with E-state index in [2.05, 4.69) is 0 Å². The van der Waals surface area contributed by atoms with E-state index in [4.69, 9.17) is 34.0 Å². The molecule has 1 unspecified atom stereocenters. The lowest BCUT2D eigenvalue weighted by atomic mass is 10.6. The Bertz CT molecular complexity index is 108. The highest BCUT2D eigenvalue weighted by atomic mass is 35.5. The van der Waals surface area contributed by atoms with Gasteiger partial charge >= 0.3 is 6.09 Å². The fourth-order valence-electron chi connectivity index (χ4n) is 0.206. The minimum Gasteiger partial charge on any atom is -0.465 e. The van der Waals surface area contributed by atoms with Gasteiger partial charge in [-0.25, -0.2) is 4.79 Å². The molecule has 0 aromatic rings. The first-order valence-electron chi connectivity index (χ1n) is 2.07. The average Bonchev–Trinajstić information content (AvgIpc) is 1.63. The van der Waals surface area contributed by atoms with Crippen molar-refractivity contribution in [1.82, 2.24) is 5.32 Å². The smallest absolute Gasteiger partial charge is 0.405 e. The van der Waals surface area contributed by atoms with Gasteiger partial charge in [-0.3, -0.25) is 0 Å². The summed E-state index contributed by atoms with van der Waals surface area (Å²) in [7, 11) is 0. The number of hydrogen-bond donors (Lipinski definition) is 3. The Kier molecular flexibility index (Phi) is 3.68. The van der Waals surface area contributed by atoms with Crippen molar-refractivity contribution in [1.29, 1.82) is 0 Å². The highest BCUT2D eigenvalue weighted by Gasteiger charge is 2.12. The summed E-state index contributed by atoms with van der Waals surface area (Å²) in [6, 6.07) is 0. The maximum Gasteiger partial charge on any atom is 0.405 e. The number of nitrogens with two attached hydrogens (primary N) is 1. The third-order valence-electron chi connectivity index (χ3n) is 0.562. The molecule has 0 heterocycles. The maximum absolute atomic E-state index is 9.81. The van der Waals surface area contributed by atoms with Crippen LogP contribution in [-0.4, -0.2) is 22.2 Å². The topological polar surface area (TPSA) is 75.3 Å². The van der Waals surface area contributed by atoms with Crippen molar-refractivity contribution >= 4 is 29.3 Å². The fourth-order valence-corrected chi connectivity index (χ4v) is 0.332. The summed E-state index contributed by atoms with van der Waals surface area (Å²) in [5, 5.41) is 9.90. The van der Waals surface area contributed by atoms with Crippen LogP contribution in [0.15, 0.2) is 0 Å². The van der Waals surface area contributed by atoms with Gasteiger partial charge in [-0.15, -0.1) is 23.2 Å². The zero-order valence-electron chi connectivity index (χ0n) is 4.34. The number of amides is 1. The third kappa shape index (κ3) is 4.32. The van der Waals surface area contributed by atoms with Gasteiger partial charge < -0.3 is 16.2 Å². The number of hydrogen-bond acceptors (Lipinski definition) is 2. The van der Waals surface area contributed by atoms with Gasteiger partial charge in [0.1, 0.15) is 11.0 Å². The Balaban J connectivity index is 3.50. The largest absolute Gasteiger partial charge is 0.465 e. The van der Waals surface area contributed by atoms with Gasteiger partial charge in [0.15, 0.2) is 0 Å². The molecule has 0 radical (unpaired) electrons. The first-order valence-corrected chi connectivity index (χ1v) is 2.94. The van der Waals surface area contributed by atoms with Gasteiger partial charge in [-0.1, -0.05) is 0 Å². The average molecular weight is 173 g/mol. The van der Waals surface area contributed by atoms with Gasteiger partial charge in [0.05, 0.1) is 0 Å². The number of rotatable bonds is 2. The van der Waals surface area contributed by atoms with Crippen LogP contribution >= 0.6 is 23.2 Å². The molecule has 0 aromatic carbocycles. The van der Waals surface area contributed by atoms with Crippen LogP contribution in [0, 0.1) is 0 Å². The van der Waals surface area contributed by atoms with E-state index >= 15 is 0 Å². The molecule has 0 saturated carbocycles. The standard InChI is InChI=1S/C3H6Cl2N2O2/c4-1(5)2(6)7-3(8)9/h1-2,7H,6H2,(H,8,9). The minimum atomic E-state index is -1.24. The fraction of sp³-hybridized carbons (Fsp3) is 0.667. The Hall–Kier alpha value is -0.190. The van der Waals surface area contributed by atoms with Crippen LogP contribution in [0.3, 0.4) is 0 Å². The summed E-state index contributed by atoms with van der Waals surface area (Å²) in [5.74, 6) is 0. The van der Waals surface area contributed by atoms with Gasteiger partial charge in [-0.2, -0.15) is 0 Å². The quantitative estimate of drug-likeness (QED) is 0.416. The third-order valence-corrected chi connectivity index (χ3v) is 1.10. The van der Waals surface area contributed by atoms with E-state index in [0.29, 0.717) is 0 Å². The molecule has 4 nitrogen and oxygen atoms in total. The van der Waals surface area contributed by atoms with Crippen LogP contribution in [0.2, 0.25) is 0 Å². The highest BCUT2D eigenvalue weighted by Crippen LogP contribution is 2.02. The Morgan fingerprint density at radius 2 is 2.11 bits per heavy atom. The van der Waals surface area contributed by atoms with E-state index in [-0.39, 0.29) is 0 Å². The van der Waals surface area contributed by atoms with Crippen LogP contribution in [0.4, 0.5) is 4.79 Å². The van der Waals surface area contributed by atoms with Crippen molar-refractivity contribution in [3.63, 3.8) is 0 Å². The van der Waals surface area contributed by atoms with Gasteiger partial charge in [-0.05, 0) is 0 Å². The molecular weight excluding hydrogens is 167 g/mol. The van der Waals surface area contributed by atoms with E-state index in [1.165, 1.54) is 0 Å². The molecule has 0 bridgehead atoms. The number of halogens is 2. The molecule has 0 rings (SSSR count). The lowest BCUT2D eigenvalue weighted by Gasteiger charge is -2.10. The van der Waals surface area contributed by atoms with Crippen molar-refractivity contribution in [2.45, 2.75) is 11.0 Å². The molecular formula is C3H6Cl2N2O2. The summed E-state index contributed by atoms with van der Waals surface area (Å²) in [4.78, 5) is 8.89. The van der Waals surface area contributed by atoms with E-state index in [0.717, 1.165) is 0 Å². The first-order chi connectivity index (χ1) is 4.04. The molecule has 0 saturated heterocycles. The van der Waals surface area contributed by atoms with E-state index in [9.17, 15) is 4.79 Å².